The van der Waals surface area contributed by atoms with Gasteiger partial charge in [0.15, 0.2) is 0 Å². The molecule has 100 valence electrons. The number of benzene rings is 2. The average molecular weight is 265 g/mol. The molecule has 0 bridgehead atoms. The Labute approximate surface area is 117 Å². The Morgan fingerprint density at radius 2 is 1.75 bits per heavy atom. The normalized spacial score (nSPS) is 10.7. The van der Waals surface area contributed by atoms with Gasteiger partial charge < -0.3 is 9.30 Å². The summed E-state index contributed by atoms with van der Waals surface area (Å²) in [5.74, 6) is -0.308. The van der Waals surface area contributed by atoms with Gasteiger partial charge in [0, 0.05) is 17.4 Å². The maximum atomic E-state index is 12.0. The topological polar surface area (TPSA) is 31.2 Å². The molecule has 0 N–H and O–H groups in total. The second kappa shape index (κ2) is 5.21. The van der Waals surface area contributed by atoms with Crippen LogP contribution in [0.1, 0.15) is 16.1 Å². The van der Waals surface area contributed by atoms with E-state index in [1.807, 2.05) is 53.1 Å². The summed E-state index contributed by atoms with van der Waals surface area (Å²) < 4.78 is 6.88. The number of ether oxygens (including phenoxy) is 1. The van der Waals surface area contributed by atoms with Gasteiger partial charge in [0.2, 0.25) is 0 Å². The van der Waals surface area contributed by atoms with Crippen molar-refractivity contribution in [3.05, 3.63) is 71.9 Å². The van der Waals surface area contributed by atoms with Crippen LogP contribution in [0.4, 0.5) is 0 Å². The van der Waals surface area contributed by atoms with E-state index in [4.69, 9.17) is 4.74 Å². The Kier molecular flexibility index (Phi) is 3.25. The van der Waals surface area contributed by atoms with Crippen molar-refractivity contribution in [2.24, 2.45) is 0 Å². The van der Waals surface area contributed by atoms with Gasteiger partial charge in [-0.25, -0.2) is 4.79 Å². The van der Waals surface area contributed by atoms with Crippen LogP contribution in [0.15, 0.2) is 60.7 Å². The van der Waals surface area contributed by atoms with Crippen LogP contribution in [-0.2, 0) is 11.3 Å². The molecule has 3 aromatic rings. The fraction of sp³-hybridized carbons (Fsp3) is 0.118. The quantitative estimate of drug-likeness (QED) is 0.679. The van der Waals surface area contributed by atoms with Gasteiger partial charge in [0.1, 0.15) is 5.69 Å². The van der Waals surface area contributed by atoms with Crippen molar-refractivity contribution >= 4 is 16.9 Å². The number of hydrogen-bond acceptors (Lipinski definition) is 2. The first-order chi connectivity index (χ1) is 9.79. The molecule has 0 spiro atoms. The lowest BCUT2D eigenvalue weighted by Gasteiger charge is -2.09. The third-order valence-electron chi connectivity index (χ3n) is 3.39. The van der Waals surface area contributed by atoms with Crippen molar-refractivity contribution < 1.29 is 9.53 Å². The molecule has 0 unspecified atom stereocenters. The molecule has 2 aromatic carbocycles. The number of hydrogen-bond donors (Lipinski definition) is 0. The van der Waals surface area contributed by atoms with E-state index in [2.05, 4.69) is 12.1 Å². The Hall–Kier alpha value is -2.55. The lowest BCUT2D eigenvalue weighted by molar-refractivity contribution is 0.0589. The highest BCUT2D eigenvalue weighted by molar-refractivity contribution is 5.95. The summed E-state index contributed by atoms with van der Waals surface area (Å²) >= 11 is 0. The lowest BCUT2D eigenvalue weighted by Crippen LogP contribution is -2.11. The summed E-state index contributed by atoms with van der Waals surface area (Å²) in [6.45, 7) is 0.652. The SMILES string of the molecule is COC(=O)c1cc2ccccc2n1Cc1ccccc1. The highest BCUT2D eigenvalue weighted by Gasteiger charge is 2.15. The number of esters is 1. The first-order valence-corrected chi connectivity index (χ1v) is 6.50. The fourth-order valence-corrected chi connectivity index (χ4v) is 2.42. The van der Waals surface area contributed by atoms with Crippen LogP contribution in [-0.4, -0.2) is 17.6 Å². The van der Waals surface area contributed by atoms with E-state index in [1.165, 1.54) is 7.11 Å². The van der Waals surface area contributed by atoms with Gasteiger partial charge >= 0.3 is 5.97 Å². The lowest BCUT2D eigenvalue weighted by atomic mass is 10.2. The molecular formula is C17H15NO2. The van der Waals surface area contributed by atoms with Crippen molar-refractivity contribution in [3.8, 4) is 0 Å². The molecule has 1 aromatic heterocycles. The van der Waals surface area contributed by atoms with Crippen molar-refractivity contribution in [2.75, 3.05) is 7.11 Å². The molecule has 3 heteroatoms. The zero-order valence-electron chi connectivity index (χ0n) is 11.2. The van der Waals surface area contributed by atoms with Gasteiger partial charge in [0.05, 0.1) is 7.11 Å². The van der Waals surface area contributed by atoms with Gasteiger partial charge in [-0.3, -0.25) is 0 Å². The van der Waals surface area contributed by atoms with E-state index in [-0.39, 0.29) is 5.97 Å². The van der Waals surface area contributed by atoms with Crippen LogP contribution in [0.2, 0.25) is 0 Å². The molecule has 0 aliphatic rings. The maximum absolute atomic E-state index is 12.0. The van der Waals surface area contributed by atoms with Crippen molar-refractivity contribution in [2.45, 2.75) is 6.54 Å². The monoisotopic (exact) mass is 265 g/mol. The molecule has 3 nitrogen and oxygen atoms in total. The van der Waals surface area contributed by atoms with Gasteiger partial charge in [0.25, 0.3) is 0 Å². The van der Waals surface area contributed by atoms with E-state index in [1.54, 1.807) is 0 Å². The minimum absolute atomic E-state index is 0.308. The van der Waals surface area contributed by atoms with Crippen LogP contribution in [0.3, 0.4) is 0 Å². The van der Waals surface area contributed by atoms with E-state index in [9.17, 15) is 4.79 Å². The molecule has 20 heavy (non-hydrogen) atoms. The number of para-hydroxylation sites is 1. The number of nitrogens with zero attached hydrogens (tertiary/aromatic N) is 1. The Balaban J connectivity index is 2.13. The molecule has 0 atom stereocenters. The summed E-state index contributed by atoms with van der Waals surface area (Å²) in [7, 11) is 1.41. The summed E-state index contributed by atoms with van der Waals surface area (Å²) in [6.07, 6.45) is 0. The van der Waals surface area contributed by atoms with E-state index in [0.29, 0.717) is 12.2 Å². The second-order valence-electron chi connectivity index (χ2n) is 4.65. The molecule has 0 amide bonds. The number of carbonyl (C=O) groups is 1. The number of rotatable bonds is 3. The zero-order chi connectivity index (χ0) is 13.9. The van der Waals surface area contributed by atoms with Gasteiger partial charge in [-0.2, -0.15) is 0 Å². The van der Waals surface area contributed by atoms with Gasteiger partial charge in [-0.15, -0.1) is 0 Å². The fourth-order valence-electron chi connectivity index (χ4n) is 2.42. The summed E-state index contributed by atoms with van der Waals surface area (Å²) in [4.78, 5) is 12.0. The Bertz CT molecular complexity index is 744. The molecule has 0 saturated heterocycles. The van der Waals surface area contributed by atoms with Crippen molar-refractivity contribution in [1.82, 2.24) is 4.57 Å². The summed E-state index contributed by atoms with van der Waals surface area (Å²) in [6, 6.07) is 19.9. The number of aromatic nitrogens is 1. The molecule has 0 radical (unpaired) electrons. The average Bonchev–Trinajstić information content (AvgIpc) is 2.86. The highest BCUT2D eigenvalue weighted by atomic mass is 16.5. The van der Waals surface area contributed by atoms with Crippen molar-refractivity contribution in [3.63, 3.8) is 0 Å². The second-order valence-corrected chi connectivity index (χ2v) is 4.65. The van der Waals surface area contributed by atoms with Crippen LogP contribution in [0, 0.1) is 0 Å². The van der Waals surface area contributed by atoms with E-state index < -0.39 is 0 Å². The van der Waals surface area contributed by atoms with Crippen LogP contribution in [0.25, 0.3) is 10.9 Å². The molecule has 0 fully saturated rings. The molecule has 1 heterocycles. The standard InChI is InChI=1S/C17H15NO2/c1-20-17(19)16-11-14-9-5-6-10-15(14)18(16)12-13-7-3-2-4-8-13/h2-11H,12H2,1H3. The van der Waals surface area contributed by atoms with Crippen LogP contribution < -0.4 is 0 Å². The number of carbonyl (C=O) groups excluding carboxylic acids is 1. The van der Waals surface area contributed by atoms with Gasteiger partial charge in [-0.05, 0) is 17.7 Å². The molecule has 0 saturated carbocycles. The van der Waals surface area contributed by atoms with Gasteiger partial charge in [-0.1, -0.05) is 48.5 Å². The molecule has 0 aliphatic carbocycles. The minimum Gasteiger partial charge on any atom is -0.464 e. The first kappa shape index (κ1) is 12.5. The first-order valence-electron chi connectivity index (χ1n) is 6.50. The predicted molar refractivity (Wildman–Crippen MR) is 78.8 cm³/mol. The highest BCUT2D eigenvalue weighted by Crippen LogP contribution is 2.21. The third kappa shape index (κ3) is 2.18. The van der Waals surface area contributed by atoms with E-state index in [0.717, 1.165) is 16.5 Å². The predicted octanol–water partition coefficient (Wildman–Crippen LogP) is 3.48. The summed E-state index contributed by atoms with van der Waals surface area (Å²) in [5.41, 5.74) is 2.77. The third-order valence-corrected chi connectivity index (χ3v) is 3.39. The zero-order valence-corrected chi connectivity index (χ0v) is 11.2. The maximum Gasteiger partial charge on any atom is 0.354 e. The van der Waals surface area contributed by atoms with E-state index >= 15 is 0 Å². The Morgan fingerprint density at radius 3 is 2.50 bits per heavy atom. The smallest absolute Gasteiger partial charge is 0.354 e. The van der Waals surface area contributed by atoms with Crippen LogP contribution in [0.5, 0.6) is 0 Å². The largest absolute Gasteiger partial charge is 0.464 e. The minimum atomic E-state index is -0.308. The molecular weight excluding hydrogens is 250 g/mol. The molecule has 3 rings (SSSR count). The number of methoxy groups -OCH3 is 1. The Morgan fingerprint density at radius 1 is 1.05 bits per heavy atom. The molecule has 0 aliphatic heterocycles. The summed E-state index contributed by atoms with van der Waals surface area (Å²) in [5, 5.41) is 1.05. The van der Waals surface area contributed by atoms with Crippen LogP contribution >= 0.6 is 0 Å². The van der Waals surface area contributed by atoms with Crippen molar-refractivity contribution in [1.29, 1.82) is 0 Å². The number of fused-ring (bicyclic) bond motifs is 1.